The number of hydrogen-bond donors (Lipinski definition) is 1. The van der Waals surface area contributed by atoms with Crippen LogP contribution < -0.4 is 5.73 Å². The lowest BCUT2D eigenvalue weighted by molar-refractivity contribution is 0.148. The molecule has 2 rings (SSSR count). The van der Waals surface area contributed by atoms with Gasteiger partial charge in [-0.05, 0) is 23.8 Å². The van der Waals surface area contributed by atoms with Crippen LogP contribution in [0.3, 0.4) is 0 Å². The van der Waals surface area contributed by atoms with Gasteiger partial charge in [-0.3, -0.25) is 4.90 Å². The van der Waals surface area contributed by atoms with Gasteiger partial charge in [0.25, 0.3) is 0 Å². The zero-order valence-corrected chi connectivity index (χ0v) is 10.4. The van der Waals surface area contributed by atoms with E-state index < -0.39 is 0 Å². The van der Waals surface area contributed by atoms with Gasteiger partial charge in [0.15, 0.2) is 0 Å². The zero-order chi connectivity index (χ0) is 11.4. The van der Waals surface area contributed by atoms with Gasteiger partial charge in [-0.25, -0.2) is 0 Å². The molecule has 0 aliphatic carbocycles. The van der Waals surface area contributed by atoms with Crippen molar-refractivity contribution in [2.24, 2.45) is 0 Å². The van der Waals surface area contributed by atoms with E-state index in [9.17, 15) is 0 Å². The molecule has 1 aliphatic rings. The minimum atomic E-state index is 0.794. The predicted molar refractivity (Wildman–Crippen MR) is 68.7 cm³/mol. The Morgan fingerprint density at radius 2 is 2.38 bits per heavy atom. The molecule has 3 nitrogen and oxygen atoms in total. The van der Waals surface area contributed by atoms with E-state index in [1.807, 2.05) is 17.8 Å². The third-order valence-corrected chi connectivity index (χ3v) is 3.85. The molecule has 0 atom stereocenters. The van der Waals surface area contributed by atoms with Gasteiger partial charge < -0.3 is 10.5 Å². The van der Waals surface area contributed by atoms with E-state index in [1.165, 1.54) is 10.5 Å². The van der Waals surface area contributed by atoms with E-state index in [4.69, 9.17) is 10.5 Å². The fourth-order valence-corrected chi connectivity index (χ4v) is 2.92. The Morgan fingerprint density at radius 3 is 3.19 bits per heavy atom. The van der Waals surface area contributed by atoms with E-state index in [0.717, 1.165) is 37.7 Å². The second-order valence-electron chi connectivity index (χ2n) is 3.98. The summed E-state index contributed by atoms with van der Waals surface area (Å²) in [6, 6.07) is 6.21. The lowest BCUT2D eigenvalue weighted by atomic mass is 10.2. The molecule has 1 aromatic rings. The van der Waals surface area contributed by atoms with Gasteiger partial charge in [0.1, 0.15) is 0 Å². The molecule has 16 heavy (non-hydrogen) atoms. The van der Waals surface area contributed by atoms with E-state index in [-0.39, 0.29) is 0 Å². The smallest absolute Gasteiger partial charge is 0.0589 e. The van der Waals surface area contributed by atoms with Crippen LogP contribution >= 0.6 is 11.8 Å². The van der Waals surface area contributed by atoms with Crippen molar-refractivity contribution in [1.82, 2.24) is 4.90 Å². The highest BCUT2D eigenvalue weighted by Gasteiger charge is 2.14. The maximum atomic E-state index is 5.83. The SMILES string of the molecule is COCCN1CCSc2ccc(N)cc2C1. The van der Waals surface area contributed by atoms with Gasteiger partial charge in [0.2, 0.25) is 0 Å². The molecule has 0 fully saturated rings. The van der Waals surface area contributed by atoms with Crippen molar-refractivity contribution in [2.45, 2.75) is 11.4 Å². The van der Waals surface area contributed by atoms with Crippen molar-refractivity contribution >= 4 is 17.4 Å². The second-order valence-corrected chi connectivity index (χ2v) is 5.12. The Morgan fingerprint density at radius 1 is 1.50 bits per heavy atom. The summed E-state index contributed by atoms with van der Waals surface area (Å²) in [4.78, 5) is 3.79. The number of nitrogen functional groups attached to an aromatic ring is 1. The van der Waals surface area contributed by atoms with Crippen LogP contribution in [0.5, 0.6) is 0 Å². The van der Waals surface area contributed by atoms with Crippen LogP contribution in [0.4, 0.5) is 5.69 Å². The maximum Gasteiger partial charge on any atom is 0.0589 e. The largest absolute Gasteiger partial charge is 0.399 e. The van der Waals surface area contributed by atoms with Crippen molar-refractivity contribution in [2.75, 3.05) is 38.3 Å². The summed E-state index contributed by atoms with van der Waals surface area (Å²) < 4.78 is 5.12. The Balaban J connectivity index is 2.10. The van der Waals surface area contributed by atoms with Crippen LogP contribution in [0.1, 0.15) is 5.56 Å². The third kappa shape index (κ3) is 2.90. The normalized spacial score (nSPS) is 16.8. The van der Waals surface area contributed by atoms with Gasteiger partial charge in [0.05, 0.1) is 6.61 Å². The fraction of sp³-hybridized carbons (Fsp3) is 0.500. The van der Waals surface area contributed by atoms with E-state index in [1.54, 1.807) is 7.11 Å². The van der Waals surface area contributed by atoms with Gasteiger partial charge >= 0.3 is 0 Å². The maximum absolute atomic E-state index is 5.83. The molecule has 1 aliphatic heterocycles. The van der Waals surface area contributed by atoms with Gasteiger partial charge in [-0.2, -0.15) is 0 Å². The number of nitrogens with two attached hydrogens (primary N) is 1. The minimum absolute atomic E-state index is 0.794. The minimum Gasteiger partial charge on any atom is -0.399 e. The number of benzene rings is 1. The Bertz CT molecular complexity index is 355. The molecule has 4 heteroatoms. The summed E-state index contributed by atoms with van der Waals surface area (Å²) in [6.45, 7) is 3.88. The predicted octanol–water partition coefficient (Wildman–Crippen LogP) is 1.82. The molecule has 0 saturated carbocycles. The molecule has 0 amide bonds. The standard InChI is InChI=1S/C12H18N2OS/c1-15-6-4-14-5-7-16-12-3-2-11(13)8-10(12)9-14/h2-3,8H,4-7,9,13H2,1H3. The Labute approximate surface area is 101 Å². The average Bonchev–Trinajstić information content (AvgIpc) is 2.47. The van der Waals surface area contributed by atoms with Gasteiger partial charge in [0, 0.05) is 43.1 Å². The summed E-state index contributed by atoms with van der Waals surface area (Å²) in [6.07, 6.45) is 0. The summed E-state index contributed by atoms with van der Waals surface area (Å²) in [5, 5.41) is 0. The average molecular weight is 238 g/mol. The topological polar surface area (TPSA) is 38.5 Å². The van der Waals surface area contributed by atoms with E-state index in [2.05, 4.69) is 17.0 Å². The van der Waals surface area contributed by atoms with Gasteiger partial charge in [-0.15, -0.1) is 11.8 Å². The van der Waals surface area contributed by atoms with Gasteiger partial charge in [-0.1, -0.05) is 0 Å². The van der Waals surface area contributed by atoms with Crippen LogP contribution in [0.2, 0.25) is 0 Å². The molecule has 0 spiro atoms. The molecule has 0 radical (unpaired) electrons. The van der Waals surface area contributed by atoms with Crippen LogP contribution in [-0.2, 0) is 11.3 Å². The van der Waals surface area contributed by atoms with Crippen molar-refractivity contribution < 1.29 is 4.74 Å². The van der Waals surface area contributed by atoms with Crippen molar-refractivity contribution in [3.05, 3.63) is 23.8 Å². The first-order chi connectivity index (χ1) is 7.79. The third-order valence-electron chi connectivity index (χ3n) is 2.76. The highest BCUT2D eigenvalue weighted by atomic mass is 32.2. The first-order valence-electron chi connectivity index (χ1n) is 5.52. The Kier molecular flexibility index (Phi) is 4.09. The Hall–Kier alpha value is -0.710. The lowest BCUT2D eigenvalue weighted by Crippen LogP contribution is -2.28. The molecule has 88 valence electrons. The summed E-state index contributed by atoms with van der Waals surface area (Å²) >= 11 is 1.92. The number of nitrogens with zero attached hydrogens (tertiary/aromatic N) is 1. The molecular formula is C12H18N2OS. The first-order valence-corrected chi connectivity index (χ1v) is 6.50. The van der Waals surface area contributed by atoms with Crippen LogP contribution in [0.25, 0.3) is 0 Å². The number of rotatable bonds is 3. The van der Waals surface area contributed by atoms with E-state index in [0.29, 0.717) is 0 Å². The number of anilines is 1. The summed E-state index contributed by atoms with van der Waals surface area (Å²) in [5.41, 5.74) is 8.03. The number of fused-ring (bicyclic) bond motifs is 1. The number of ether oxygens (including phenoxy) is 1. The lowest BCUT2D eigenvalue weighted by Gasteiger charge is -2.19. The highest BCUT2D eigenvalue weighted by molar-refractivity contribution is 7.99. The summed E-state index contributed by atoms with van der Waals surface area (Å²) in [5.74, 6) is 1.14. The van der Waals surface area contributed by atoms with Crippen LogP contribution in [-0.4, -0.2) is 37.5 Å². The highest BCUT2D eigenvalue weighted by Crippen LogP contribution is 2.28. The summed E-state index contributed by atoms with van der Waals surface area (Å²) in [7, 11) is 1.75. The van der Waals surface area contributed by atoms with Crippen LogP contribution in [0.15, 0.2) is 23.1 Å². The second kappa shape index (κ2) is 5.57. The molecule has 0 bridgehead atoms. The molecule has 1 aromatic carbocycles. The molecule has 0 saturated heterocycles. The van der Waals surface area contributed by atoms with E-state index >= 15 is 0 Å². The van der Waals surface area contributed by atoms with Crippen molar-refractivity contribution in [1.29, 1.82) is 0 Å². The molecule has 2 N–H and O–H groups in total. The number of hydrogen-bond acceptors (Lipinski definition) is 4. The molecule has 1 heterocycles. The quantitative estimate of drug-likeness (QED) is 0.815. The van der Waals surface area contributed by atoms with Crippen molar-refractivity contribution in [3.8, 4) is 0 Å². The molecular weight excluding hydrogens is 220 g/mol. The first kappa shape index (κ1) is 11.8. The zero-order valence-electron chi connectivity index (χ0n) is 9.61. The number of methoxy groups -OCH3 is 1. The molecule has 0 aromatic heterocycles. The number of thioether (sulfide) groups is 1. The molecule has 0 unspecified atom stereocenters. The van der Waals surface area contributed by atoms with Crippen LogP contribution in [0, 0.1) is 0 Å². The fourth-order valence-electron chi connectivity index (χ4n) is 1.88. The monoisotopic (exact) mass is 238 g/mol. The van der Waals surface area contributed by atoms with Crippen molar-refractivity contribution in [3.63, 3.8) is 0 Å².